The highest BCUT2D eigenvalue weighted by Gasteiger charge is 2.52. The van der Waals surface area contributed by atoms with Gasteiger partial charge >= 0.3 is 13.7 Å². The fourth-order valence-electron chi connectivity index (χ4n) is 13.0. The standard InChI is InChI=1S/C62H48B2N4/c1-61(2,3)37-31-33-47-51(35-37)65(39-19-9-7-10-20-39)59-55-53(45-27-17-25-43-41-23-13-15-29-49(41)67(57(43)45)63(47)55)54-46-28-18-26-44-42-24-14-16-30-50(42)68(58(44)46)64-48-34-32-38(62(4,5)6)36-52(48)66(60(59)56(54)64)40-21-11-8-12-22-40/h7-36H,1-6H3. The minimum absolute atomic E-state index is 0.0758. The SMILES string of the molecule is CC(C)(C)c1ccc2c(c1)N(c1ccccc1)c1c3c(c4c5c1N(c1ccccc1)c1cc(C(C)(C)C)ccc1B5n1c5ccccc5c5cccc-4c51)-c1cccc4c5ccccc5n(c14)B23. The second kappa shape index (κ2) is 13.0. The van der Waals surface area contributed by atoms with Crippen LogP contribution in [0.3, 0.4) is 0 Å². The van der Waals surface area contributed by atoms with Gasteiger partial charge in [-0.1, -0.05) is 175 Å². The highest BCUT2D eigenvalue weighted by molar-refractivity contribution is 6.94. The van der Waals surface area contributed by atoms with Crippen molar-refractivity contribution in [3.8, 4) is 22.3 Å². The molecule has 0 radical (unpaired) electrons. The van der Waals surface area contributed by atoms with E-state index >= 15 is 0 Å². The van der Waals surface area contributed by atoms with Crippen molar-refractivity contribution in [3.63, 3.8) is 0 Å². The minimum atomic E-state index is -0.117. The number of benzene rings is 9. The Kier molecular flexibility index (Phi) is 7.37. The molecule has 0 fully saturated rings. The Morgan fingerprint density at radius 3 is 1.16 bits per heavy atom. The van der Waals surface area contributed by atoms with Gasteiger partial charge in [0.15, 0.2) is 0 Å². The van der Waals surface area contributed by atoms with E-state index in [9.17, 15) is 0 Å². The van der Waals surface area contributed by atoms with Crippen LogP contribution >= 0.6 is 0 Å². The molecule has 4 aliphatic rings. The van der Waals surface area contributed by atoms with Gasteiger partial charge in [0.05, 0.1) is 11.4 Å². The lowest BCUT2D eigenvalue weighted by molar-refractivity contribution is 0.590. The van der Waals surface area contributed by atoms with Crippen LogP contribution in [0.1, 0.15) is 52.7 Å². The van der Waals surface area contributed by atoms with Crippen molar-refractivity contribution in [3.05, 3.63) is 193 Å². The average molecular weight is 871 g/mol. The third-order valence-corrected chi connectivity index (χ3v) is 15.9. The fourth-order valence-corrected chi connectivity index (χ4v) is 13.0. The first-order valence-electron chi connectivity index (χ1n) is 24.3. The zero-order chi connectivity index (χ0) is 45.5. The highest BCUT2D eigenvalue weighted by atomic mass is 15.2. The summed E-state index contributed by atoms with van der Waals surface area (Å²) in [7, 11) is 0. The van der Waals surface area contributed by atoms with E-state index in [4.69, 9.17) is 0 Å². The lowest BCUT2D eigenvalue weighted by atomic mass is 9.40. The Balaban J connectivity index is 1.24. The molecule has 0 saturated heterocycles. The van der Waals surface area contributed by atoms with E-state index in [1.807, 2.05) is 0 Å². The molecule has 11 aromatic rings. The molecular formula is C62H48B2N4. The van der Waals surface area contributed by atoms with Gasteiger partial charge in [0.1, 0.15) is 0 Å². The Morgan fingerprint density at radius 1 is 0.368 bits per heavy atom. The summed E-state index contributed by atoms with van der Waals surface area (Å²) in [4.78, 5) is 5.34. The van der Waals surface area contributed by atoms with E-state index in [-0.39, 0.29) is 24.5 Å². The van der Waals surface area contributed by atoms with Gasteiger partial charge in [-0.25, -0.2) is 0 Å². The molecule has 68 heavy (non-hydrogen) atoms. The molecule has 0 unspecified atom stereocenters. The first-order chi connectivity index (χ1) is 33.1. The van der Waals surface area contributed by atoms with Crippen molar-refractivity contribution in [2.75, 3.05) is 9.80 Å². The fraction of sp³-hybridized carbons (Fsp3) is 0.129. The van der Waals surface area contributed by atoms with Gasteiger partial charge in [-0.05, 0) is 103 Å². The molecule has 15 rings (SSSR count). The van der Waals surface area contributed by atoms with Gasteiger partial charge in [0.2, 0.25) is 0 Å². The number of hydrogen-bond donors (Lipinski definition) is 0. The molecule has 9 aromatic carbocycles. The van der Waals surface area contributed by atoms with Crippen LogP contribution in [0.5, 0.6) is 0 Å². The molecule has 0 saturated carbocycles. The van der Waals surface area contributed by atoms with E-state index in [0.717, 1.165) is 11.4 Å². The molecule has 2 aromatic heterocycles. The van der Waals surface area contributed by atoms with Crippen molar-refractivity contribution in [2.45, 2.75) is 52.4 Å². The zero-order valence-electron chi connectivity index (χ0n) is 39.3. The van der Waals surface area contributed by atoms with Crippen molar-refractivity contribution in [2.24, 2.45) is 0 Å². The zero-order valence-corrected chi connectivity index (χ0v) is 39.3. The van der Waals surface area contributed by atoms with Crippen LogP contribution in [-0.2, 0) is 10.8 Å². The maximum atomic E-state index is 2.72. The van der Waals surface area contributed by atoms with Crippen molar-refractivity contribution in [1.29, 1.82) is 0 Å². The van der Waals surface area contributed by atoms with Crippen LogP contribution < -0.4 is 31.7 Å². The number of hydrogen-bond acceptors (Lipinski definition) is 2. The van der Waals surface area contributed by atoms with Crippen LogP contribution in [0.25, 0.3) is 65.9 Å². The Morgan fingerprint density at radius 2 is 0.750 bits per heavy atom. The number of fused-ring (bicyclic) bond motifs is 16. The monoisotopic (exact) mass is 870 g/mol. The maximum Gasteiger partial charge on any atom is 0.333 e. The summed E-state index contributed by atoms with van der Waals surface area (Å²) >= 11 is 0. The summed E-state index contributed by atoms with van der Waals surface area (Å²) in [5, 5.41) is 5.20. The van der Waals surface area contributed by atoms with Gasteiger partial charge in [0, 0.05) is 77.5 Å². The maximum absolute atomic E-state index is 2.72. The van der Waals surface area contributed by atoms with Crippen LogP contribution in [0.4, 0.5) is 34.1 Å². The summed E-state index contributed by atoms with van der Waals surface area (Å²) in [6.45, 7) is 13.9. The Bertz CT molecular complexity index is 3760. The number of para-hydroxylation sites is 6. The summed E-state index contributed by atoms with van der Waals surface area (Å²) in [6.07, 6.45) is 0. The highest BCUT2D eigenvalue weighted by Crippen LogP contribution is 2.56. The average Bonchev–Trinajstić information content (AvgIpc) is 3.88. The lowest BCUT2D eigenvalue weighted by Gasteiger charge is -2.49. The van der Waals surface area contributed by atoms with Crippen LogP contribution in [0.15, 0.2) is 182 Å². The normalized spacial score (nSPS) is 14.2. The van der Waals surface area contributed by atoms with Crippen LogP contribution in [-0.4, -0.2) is 22.7 Å². The molecule has 0 spiro atoms. The first kappa shape index (κ1) is 38.4. The van der Waals surface area contributed by atoms with E-state index < -0.39 is 0 Å². The molecule has 0 N–H and O–H groups in total. The van der Waals surface area contributed by atoms with Gasteiger partial charge in [-0.3, -0.25) is 0 Å². The topological polar surface area (TPSA) is 16.3 Å². The Hall–Kier alpha value is -7.69. The third kappa shape index (κ3) is 4.77. The third-order valence-electron chi connectivity index (χ3n) is 15.9. The second-order valence-electron chi connectivity index (χ2n) is 21.6. The lowest BCUT2D eigenvalue weighted by Crippen LogP contribution is -2.62. The summed E-state index contributed by atoms with van der Waals surface area (Å²) in [5.74, 6) is 0. The van der Waals surface area contributed by atoms with E-state index in [2.05, 4.69) is 242 Å². The molecule has 0 atom stereocenters. The first-order valence-corrected chi connectivity index (χ1v) is 24.3. The largest absolute Gasteiger partial charge is 0.375 e. The van der Waals surface area contributed by atoms with Crippen LogP contribution in [0.2, 0.25) is 0 Å². The molecule has 6 heteroatoms. The van der Waals surface area contributed by atoms with Crippen molar-refractivity contribution < 1.29 is 0 Å². The van der Waals surface area contributed by atoms with Gasteiger partial charge in [-0.2, -0.15) is 0 Å². The quantitative estimate of drug-likeness (QED) is 0.161. The minimum Gasteiger partial charge on any atom is -0.375 e. The van der Waals surface area contributed by atoms with Crippen molar-refractivity contribution in [1.82, 2.24) is 8.96 Å². The summed E-state index contributed by atoms with van der Waals surface area (Å²) < 4.78 is 5.45. The molecule has 6 heterocycles. The predicted octanol–water partition coefficient (Wildman–Crippen LogP) is 13.3. The van der Waals surface area contributed by atoms with E-state index in [1.165, 1.54) is 122 Å². The summed E-state index contributed by atoms with van der Waals surface area (Å²) in [5.41, 5.74) is 25.6. The van der Waals surface area contributed by atoms with Gasteiger partial charge in [0.25, 0.3) is 0 Å². The van der Waals surface area contributed by atoms with Gasteiger partial charge in [-0.15, -0.1) is 0 Å². The smallest absolute Gasteiger partial charge is 0.333 e. The number of nitrogens with zero attached hydrogens (tertiary/aromatic N) is 4. The molecule has 0 aliphatic carbocycles. The number of anilines is 6. The predicted molar refractivity (Wildman–Crippen MR) is 291 cm³/mol. The van der Waals surface area contributed by atoms with Gasteiger partial charge < -0.3 is 18.8 Å². The second-order valence-corrected chi connectivity index (χ2v) is 21.6. The van der Waals surface area contributed by atoms with Crippen molar-refractivity contribution >= 4 is 113 Å². The Labute approximate surface area is 397 Å². The molecule has 0 amide bonds. The summed E-state index contributed by atoms with van der Waals surface area (Å²) in [6, 6.07) is 69.7. The number of aromatic nitrogens is 2. The molecule has 4 aliphatic heterocycles. The van der Waals surface area contributed by atoms with Crippen LogP contribution in [0, 0.1) is 0 Å². The molecule has 0 bridgehead atoms. The molecule has 4 nitrogen and oxygen atoms in total. The van der Waals surface area contributed by atoms with E-state index in [1.54, 1.807) is 0 Å². The van der Waals surface area contributed by atoms with E-state index in [0.29, 0.717) is 0 Å². The molecular weight excluding hydrogens is 822 g/mol. The molecule has 322 valence electrons. The number of rotatable bonds is 2.